The SMILES string of the molecule is O=C(CSc1nnc(CNC(=O)c2ccc(Cl)cc2Cl)n1-c1ccc(F)cc1)Nc1cc(C(F)(F)F)ccc1Cl. The lowest BCUT2D eigenvalue weighted by molar-refractivity contribution is -0.137. The number of aromatic nitrogens is 3. The monoisotopic (exact) mass is 631 g/mol. The van der Waals surface area contributed by atoms with Gasteiger partial charge in [-0.2, -0.15) is 13.2 Å². The molecule has 0 unspecified atom stereocenters. The van der Waals surface area contributed by atoms with Gasteiger partial charge < -0.3 is 10.6 Å². The van der Waals surface area contributed by atoms with Gasteiger partial charge in [-0.3, -0.25) is 14.2 Å². The van der Waals surface area contributed by atoms with Gasteiger partial charge in [0.2, 0.25) is 5.91 Å². The summed E-state index contributed by atoms with van der Waals surface area (Å²) in [6.07, 6.45) is -4.62. The molecule has 0 aliphatic rings. The summed E-state index contributed by atoms with van der Waals surface area (Å²) < 4.78 is 54.2. The van der Waals surface area contributed by atoms with Crippen molar-refractivity contribution >= 4 is 64.1 Å². The fraction of sp³-hybridized carbons (Fsp3) is 0.120. The quantitative estimate of drug-likeness (QED) is 0.161. The van der Waals surface area contributed by atoms with Crippen molar-refractivity contribution in [3.63, 3.8) is 0 Å². The van der Waals surface area contributed by atoms with Gasteiger partial charge >= 0.3 is 6.18 Å². The Kier molecular flexibility index (Phi) is 9.24. The van der Waals surface area contributed by atoms with Gasteiger partial charge in [0.1, 0.15) is 5.82 Å². The molecule has 4 rings (SSSR count). The fourth-order valence-corrected chi connectivity index (χ4v) is 4.83. The minimum absolute atomic E-state index is 0.0698. The zero-order valence-corrected chi connectivity index (χ0v) is 23.0. The molecule has 0 spiro atoms. The molecule has 1 heterocycles. The molecular formula is C25H16Cl3F4N5O2S. The number of thioether (sulfide) groups is 1. The van der Waals surface area contributed by atoms with Gasteiger partial charge in [-0.25, -0.2) is 4.39 Å². The highest BCUT2D eigenvalue weighted by Crippen LogP contribution is 2.34. The highest BCUT2D eigenvalue weighted by Gasteiger charge is 2.31. The van der Waals surface area contributed by atoms with E-state index in [9.17, 15) is 27.2 Å². The molecule has 208 valence electrons. The van der Waals surface area contributed by atoms with Gasteiger partial charge in [0.05, 0.1) is 39.2 Å². The molecule has 4 aromatic rings. The number of anilines is 1. The largest absolute Gasteiger partial charge is 0.416 e. The van der Waals surface area contributed by atoms with Crippen LogP contribution in [0.1, 0.15) is 21.7 Å². The number of alkyl halides is 3. The minimum atomic E-state index is -4.62. The summed E-state index contributed by atoms with van der Waals surface area (Å²) in [6.45, 7) is -0.116. The lowest BCUT2D eigenvalue weighted by atomic mass is 10.2. The third-order valence-corrected chi connectivity index (χ3v) is 7.07. The van der Waals surface area contributed by atoms with E-state index in [1.165, 1.54) is 47.0 Å². The van der Waals surface area contributed by atoms with Crippen LogP contribution in [0.15, 0.2) is 65.8 Å². The maximum absolute atomic E-state index is 13.6. The normalized spacial score (nSPS) is 11.4. The molecular weight excluding hydrogens is 617 g/mol. The average Bonchev–Trinajstić information content (AvgIpc) is 3.30. The van der Waals surface area contributed by atoms with E-state index in [0.717, 1.165) is 30.0 Å². The number of amides is 2. The molecule has 7 nitrogen and oxygen atoms in total. The first-order chi connectivity index (χ1) is 18.9. The Morgan fingerprint density at radius 3 is 2.33 bits per heavy atom. The maximum atomic E-state index is 13.6. The number of hydrogen-bond donors (Lipinski definition) is 2. The summed E-state index contributed by atoms with van der Waals surface area (Å²) in [4.78, 5) is 25.2. The number of carbonyl (C=O) groups excluding carboxylic acids is 2. The molecule has 0 fully saturated rings. The van der Waals surface area contributed by atoms with Gasteiger partial charge in [-0.05, 0) is 60.7 Å². The number of hydrogen-bond acceptors (Lipinski definition) is 5. The number of carbonyl (C=O) groups is 2. The van der Waals surface area contributed by atoms with Crippen LogP contribution in [0.3, 0.4) is 0 Å². The molecule has 0 bridgehead atoms. The van der Waals surface area contributed by atoms with E-state index in [-0.39, 0.29) is 44.6 Å². The first-order valence-electron chi connectivity index (χ1n) is 11.2. The summed E-state index contributed by atoms with van der Waals surface area (Å²) in [7, 11) is 0. The van der Waals surface area contributed by atoms with Crippen molar-refractivity contribution in [3.8, 4) is 5.69 Å². The Morgan fingerprint density at radius 2 is 1.65 bits per heavy atom. The van der Waals surface area contributed by atoms with E-state index in [1.807, 2.05) is 0 Å². The van der Waals surface area contributed by atoms with Crippen LogP contribution < -0.4 is 10.6 Å². The lowest BCUT2D eigenvalue weighted by Gasteiger charge is -2.13. The third-order valence-electron chi connectivity index (χ3n) is 5.27. The Morgan fingerprint density at radius 1 is 0.925 bits per heavy atom. The van der Waals surface area contributed by atoms with Crippen LogP contribution in [0.4, 0.5) is 23.2 Å². The van der Waals surface area contributed by atoms with Crippen LogP contribution in [0.5, 0.6) is 0 Å². The van der Waals surface area contributed by atoms with E-state index in [1.54, 1.807) is 0 Å². The molecule has 0 saturated carbocycles. The van der Waals surface area contributed by atoms with E-state index in [4.69, 9.17) is 34.8 Å². The van der Waals surface area contributed by atoms with Gasteiger partial charge in [0, 0.05) is 10.7 Å². The second kappa shape index (κ2) is 12.5. The molecule has 0 atom stereocenters. The van der Waals surface area contributed by atoms with Crippen LogP contribution in [0.25, 0.3) is 5.69 Å². The lowest BCUT2D eigenvalue weighted by Crippen LogP contribution is -2.25. The highest BCUT2D eigenvalue weighted by molar-refractivity contribution is 7.99. The topological polar surface area (TPSA) is 88.9 Å². The summed E-state index contributed by atoms with van der Waals surface area (Å²) in [5.41, 5.74) is -0.559. The van der Waals surface area contributed by atoms with Crippen LogP contribution in [-0.2, 0) is 17.5 Å². The molecule has 0 aliphatic heterocycles. The maximum Gasteiger partial charge on any atom is 0.416 e. The van der Waals surface area contributed by atoms with Gasteiger partial charge in [-0.15, -0.1) is 10.2 Å². The third kappa shape index (κ3) is 7.25. The summed E-state index contributed by atoms with van der Waals surface area (Å²) in [6, 6.07) is 12.3. The molecule has 1 aromatic heterocycles. The molecule has 3 aromatic carbocycles. The number of benzene rings is 3. The van der Waals surface area contributed by atoms with Crippen molar-refractivity contribution in [1.82, 2.24) is 20.1 Å². The minimum Gasteiger partial charge on any atom is -0.345 e. The number of halogens is 7. The zero-order valence-electron chi connectivity index (χ0n) is 19.9. The van der Waals surface area contributed by atoms with E-state index in [0.29, 0.717) is 10.7 Å². The molecule has 0 saturated heterocycles. The van der Waals surface area contributed by atoms with E-state index in [2.05, 4.69) is 20.8 Å². The van der Waals surface area contributed by atoms with Crippen molar-refractivity contribution in [2.75, 3.05) is 11.1 Å². The second-order valence-corrected chi connectivity index (χ2v) is 10.2. The molecule has 0 radical (unpaired) electrons. The molecule has 0 aliphatic carbocycles. The van der Waals surface area contributed by atoms with Crippen molar-refractivity contribution in [2.45, 2.75) is 17.9 Å². The summed E-state index contributed by atoms with van der Waals surface area (Å²) in [5, 5.41) is 13.8. The first-order valence-corrected chi connectivity index (χ1v) is 13.3. The Balaban J connectivity index is 1.51. The predicted molar refractivity (Wildman–Crippen MR) is 145 cm³/mol. The van der Waals surface area contributed by atoms with Crippen molar-refractivity contribution < 1.29 is 27.2 Å². The van der Waals surface area contributed by atoms with Crippen LogP contribution in [-0.4, -0.2) is 32.3 Å². The summed E-state index contributed by atoms with van der Waals surface area (Å²) in [5.74, 6) is -1.70. The number of nitrogens with one attached hydrogen (secondary N) is 2. The Labute approximate surface area is 243 Å². The van der Waals surface area contributed by atoms with Crippen LogP contribution in [0, 0.1) is 5.82 Å². The first kappa shape index (κ1) is 29.7. The Hall–Kier alpha value is -3.32. The van der Waals surface area contributed by atoms with Gasteiger partial charge in [0.15, 0.2) is 11.0 Å². The van der Waals surface area contributed by atoms with Crippen molar-refractivity contribution in [2.24, 2.45) is 0 Å². The van der Waals surface area contributed by atoms with Crippen LogP contribution >= 0.6 is 46.6 Å². The summed E-state index contributed by atoms with van der Waals surface area (Å²) >= 11 is 18.9. The van der Waals surface area contributed by atoms with Crippen molar-refractivity contribution in [3.05, 3.63) is 98.5 Å². The van der Waals surface area contributed by atoms with Gasteiger partial charge in [-0.1, -0.05) is 46.6 Å². The van der Waals surface area contributed by atoms with Gasteiger partial charge in [0.25, 0.3) is 5.91 Å². The van der Waals surface area contributed by atoms with E-state index >= 15 is 0 Å². The Bertz CT molecular complexity index is 1570. The van der Waals surface area contributed by atoms with Crippen molar-refractivity contribution in [1.29, 1.82) is 0 Å². The average molecular weight is 633 g/mol. The second-order valence-electron chi connectivity index (χ2n) is 8.05. The smallest absolute Gasteiger partial charge is 0.345 e. The number of rotatable bonds is 8. The standard InChI is InChI=1S/C25H16Cl3F4N5O2S/c26-14-2-7-17(19(28)10-14)23(39)33-11-21-35-36-24(37(21)16-5-3-15(29)4-6-16)40-12-22(38)34-20-9-13(25(30,31)32)1-8-18(20)27/h1-10H,11-12H2,(H,33,39)(H,34,38). The predicted octanol–water partition coefficient (Wildman–Crippen LogP) is 7.05. The van der Waals surface area contributed by atoms with Crippen LogP contribution in [0.2, 0.25) is 15.1 Å². The molecule has 2 amide bonds. The van der Waals surface area contributed by atoms with E-state index < -0.39 is 29.4 Å². The highest BCUT2D eigenvalue weighted by atomic mass is 35.5. The molecule has 15 heteroatoms. The number of nitrogens with zero attached hydrogens (tertiary/aromatic N) is 3. The molecule has 2 N–H and O–H groups in total. The molecule has 40 heavy (non-hydrogen) atoms. The zero-order chi connectivity index (χ0) is 29.0. The fourth-order valence-electron chi connectivity index (χ4n) is 3.40.